The van der Waals surface area contributed by atoms with Crippen molar-refractivity contribution in [3.8, 4) is 0 Å². The van der Waals surface area contributed by atoms with Gasteiger partial charge in [0.25, 0.3) is 0 Å². The van der Waals surface area contributed by atoms with E-state index in [0.717, 1.165) is 13.1 Å². The third-order valence-electron chi connectivity index (χ3n) is 3.89. The topological polar surface area (TPSA) is 38.5 Å². The van der Waals surface area contributed by atoms with Crippen molar-refractivity contribution in [1.29, 1.82) is 0 Å². The molecule has 1 heterocycles. The number of ether oxygens (including phenoxy) is 1. The first-order valence-corrected chi connectivity index (χ1v) is 7.51. The number of nitrogens with zero attached hydrogens (tertiary/aromatic N) is 1. The van der Waals surface area contributed by atoms with Crippen LogP contribution in [0.25, 0.3) is 0 Å². The molecule has 1 aromatic carbocycles. The molecule has 2 N–H and O–H groups in total. The Morgan fingerprint density at radius 2 is 1.90 bits per heavy atom. The van der Waals surface area contributed by atoms with Crippen LogP contribution in [0, 0.1) is 13.8 Å². The molecule has 1 fully saturated rings. The highest BCUT2D eigenvalue weighted by atomic mass is 16.5. The zero-order valence-corrected chi connectivity index (χ0v) is 13.4. The van der Waals surface area contributed by atoms with Gasteiger partial charge < -0.3 is 10.5 Å². The van der Waals surface area contributed by atoms with Crippen LogP contribution in [-0.2, 0) is 4.74 Å². The van der Waals surface area contributed by atoms with Crippen molar-refractivity contribution < 1.29 is 4.74 Å². The summed E-state index contributed by atoms with van der Waals surface area (Å²) in [5, 5.41) is 0. The van der Waals surface area contributed by atoms with E-state index in [1.807, 2.05) is 0 Å². The van der Waals surface area contributed by atoms with Crippen molar-refractivity contribution in [2.75, 3.05) is 19.6 Å². The first-order valence-electron chi connectivity index (χ1n) is 7.51. The van der Waals surface area contributed by atoms with Crippen LogP contribution in [0.4, 0.5) is 0 Å². The number of nitrogens with two attached hydrogens (primary N) is 1. The van der Waals surface area contributed by atoms with E-state index in [9.17, 15) is 0 Å². The van der Waals surface area contributed by atoms with Gasteiger partial charge >= 0.3 is 0 Å². The zero-order valence-electron chi connectivity index (χ0n) is 13.4. The Kier molecular flexibility index (Phi) is 4.52. The van der Waals surface area contributed by atoms with Gasteiger partial charge in [0.1, 0.15) is 0 Å². The van der Waals surface area contributed by atoms with Gasteiger partial charge in [-0.3, -0.25) is 4.90 Å². The van der Waals surface area contributed by atoms with Crippen LogP contribution in [-0.4, -0.2) is 36.2 Å². The lowest BCUT2D eigenvalue weighted by atomic mass is 9.97. The third-order valence-corrected chi connectivity index (χ3v) is 3.89. The average molecular weight is 276 g/mol. The maximum absolute atomic E-state index is 6.09. The van der Waals surface area contributed by atoms with Crippen molar-refractivity contribution >= 4 is 0 Å². The summed E-state index contributed by atoms with van der Waals surface area (Å²) in [5.74, 6) is 0. The molecule has 0 aliphatic carbocycles. The fraction of sp³-hybridized carbons (Fsp3) is 0.647. The molecule has 0 radical (unpaired) electrons. The van der Waals surface area contributed by atoms with E-state index in [2.05, 4.69) is 57.7 Å². The lowest BCUT2D eigenvalue weighted by Gasteiger charge is -2.45. The molecule has 0 amide bonds. The summed E-state index contributed by atoms with van der Waals surface area (Å²) < 4.78 is 6.00. The molecule has 3 nitrogen and oxygen atoms in total. The van der Waals surface area contributed by atoms with Gasteiger partial charge in [0, 0.05) is 25.7 Å². The molecule has 0 saturated carbocycles. The van der Waals surface area contributed by atoms with E-state index >= 15 is 0 Å². The molecule has 20 heavy (non-hydrogen) atoms. The van der Waals surface area contributed by atoms with Crippen LogP contribution in [0.1, 0.15) is 43.5 Å². The molecule has 3 heteroatoms. The Hall–Kier alpha value is -0.900. The van der Waals surface area contributed by atoms with Crippen molar-refractivity contribution in [3.63, 3.8) is 0 Å². The second-order valence-corrected chi connectivity index (χ2v) is 6.79. The molecule has 1 saturated heterocycles. The summed E-state index contributed by atoms with van der Waals surface area (Å²) in [6, 6.07) is 7.01. The molecule has 0 aromatic heterocycles. The average Bonchev–Trinajstić information content (AvgIpc) is 2.25. The summed E-state index contributed by atoms with van der Waals surface area (Å²) in [5.41, 5.74) is 9.92. The highest BCUT2D eigenvalue weighted by molar-refractivity contribution is 5.31. The van der Waals surface area contributed by atoms with Gasteiger partial charge in [-0.15, -0.1) is 0 Å². The molecule has 1 aliphatic rings. The van der Waals surface area contributed by atoms with E-state index in [-0.39, 0.29) is 17.7 Å². The van der Waals surface area contributed by atoms with Crippen molar-refractivity contribution in [3.05, 3.63) is 34.9 Å². The van der Waals surface area contributed by atoms with Crippen molar-refractivity contribution in [1.82, 2.24) is 4.90 Å². The van der Waals surface area contributed by atoms with Crippen LogP contribution in [0.3, 0.4) is 0 Å². The zero-order chi connectivity index (χ0) is 14.9. The molecule has 2 rings (SSSR count). The van der Waals surface area contributed by atoms with E-state index < -0.39 is 0 Å². The predicted molar refractivity (Wildman–Crippen MR) is 83.9 cm³/mol. The molecule has 112 valence electrons. The molecule has 0 bridgehead atoms. The summed E-state index contributed by atoms with van der Waals surface area (Å²) in [7, 11) is 0. The second kappa shape index (κ2) is 5.84. The van der Waals surface area contributed by atoms with Gasteiger partial charge in [-0.25, -0.2) is 0 Å². The Bertz CT molecular complexity index is 450. The number of hydrogen-bond donors (Lipinski definition) is 1. The van der Waals surface area contributed by atoms with Gasteiger partial charge in [0.2, 0.25) is 0 Å². The Morgan fingerprint density at radius 3 is 2.40 bits per heavy atom. The first-order chi connectivity index (χ1) is 9.30. The standard InChI is InChI=1S/C17H28N2O/c1-12-6-13(2)8-15(7-12)16(9-18)19-10-14(3)20-17(4,5)11-19/h6-8,14,16H,9-11,18H2,1-5H3. The molecular formula is C17H28N2O. The smallest absolute Gasteiger partial charge is 0.0757 e. The molecule has 1 aromatic rings. The monoisotopic (exact) mass is 276 g/mol. The van der Waals surface area contributed by atoms with E-state index in [1.54, 1.807) is 0 Å². The molecule has 0 spiro atoms. The van der Waals surface area contributed by atoms with Gasteiger partial charge in [0.15, 0.2) is 0 Å². The van der Waals surface area contributed by atoms with Crippen molar-refractivity contribution in [2.24, 2.45) is 5.73 Å². The SMILES string of the molecule is Cc1cc(C)cc(C(CN)N2CC(C)OC(C)(C)C2)c1. The minimum Gasteiger partial charge on any atom is -0.370 e. The number of hydrogen-bond acceptors (Lipinski definition) is 3. The maximum atomic E-state index is 6.09. The first kappa shape index (κ1) is 15.5. The number of aryl methyl sites for hydroxylation is 2. The lowest BCUT2D eigenvalue weighted by Crippen LogP contribution is -2.53. The summed E-state index contributed by atoms with van der Waals surface area (Å²) in [6.07, 6.45) is 0.249. The number of benzene rings is 1. The maximum Gasteiger partial charge on any atom is 0.0757 e. The fourth-order valence-electron chi connectivity index (χ4n) is 3.44. The van der Waals surface area contributed by atoms with E-state index in [4.69, 9.17) is 10.5 Å². The van der Waals surface area contributed by atoms with Gasteiger partial charge in [-0.1, -0.05) is 29.3 Å². The van der Waals surface area contributed by atoms with Gasteiger partial charge in [-0.05, 0) is 40.2 Å². The Labute approximate surface area is 123 Å². The molecular weight excluding hydrogens is 248 g/mol. The normalized spacial score (nSPS) is 24.6. The Morgan fingerprint density at radius 1 is 1.30 bits per heavy atom. The summed E-state index contributed by atoms with van der Waals surface area (Å²) in [6.45, 7) is 13.3. The predicted octanol–water partition coefficient (Wildman–Crippen LogP) is 2.80. The highest BCUT2D eigenvalue weighted by Crippen LogP contribution is 2.29. The third kappa shape index (κ3) is 3.60. The van der Waals surface area contributed by atoms with Crippen LogP contribution < -0.4 is 5.73 Å². The molecule has 1 aliphatic heterocycles. The van der Waals surface area contributed by atoms with Gasteiger partial charge in [0.05, 0.1) is 11.7 Å². The van der Waals surface area contributed by atoms with Gasteiger partial charge in [-0.2, -0.15) is 0 Å². The quantitative estimate of drug-likeness (QED) is 0.922. The van der Waals surface area contributed by atoms with Crippen LogP contribution >= 0.6 is 0 Å². The second-order valence-electron chi connectivity index (χ2n) is 6.79. The Balaban J connectivity index is 2.27. The van der Waals surface area contributed by atoms with Crippen LogP contribution in [0.15, 0.2) is 18.2 Å². The fourth-order valence-corrected chi connectivity index (χ4v) is 3.44. The molecule has 2 unspecified atom stereocenters. The minimum absolute atomic E-state index is 0.107. The summed E-state index contributed by atoms with van der Waals surface area (Å²) in [4.78, 5) is 2.47. The van der Waals surface area contributed by atoms with Crippen LogP contribution in [0.5, 0.6) is 0 Å². The minimum atomic E-state index is -0.107. The molecule has 2 atom stereocenters. The van der Waals surface area contributed by atoms with Crippen molar-refractivity contribution in [2.45, 2.75) is 52.4 Å². The number of rotatable bonds is 3. The summed E-state index contributed by atoms with van der Waals surface area (Å²) >= 11 is 0. The highest BCUT2D eigenvalue weighted by Gasteiger charge is 2.34. The van der Waals surface area contributed by atoms with Crippen LogP contribution in [0.2, 0.25) is 0 Å². The number of morpholine rings is 1. The largest absolute Gasteiger partial charge is 0.370 e. The lowest BCUT2D eigenvalue weighted by molar-refractivity contribution is -0.137. The van der Waals surface area contributed by atoms with E-state index in [1.165, 1.54) is 16.7 Å². The van der Waals surface area contributed by atoms with E-state index in [0.29, 0.717) is 6.54 Å².